The van der Waals surface area contributed by atoms with E-state index in [2.05, 4.69) is 15.3 Å². The lowest BCUT2D eigenvalue weighted by Gasteiger charge is -2.32. The molecule has 2 aliphatic rings. The molecule has 1 saturated heterocycles. The third kappa shape index (κ3) is 4.47. The Hall–Kier alpha value is -2.58. The topological polar surface area (TPSA) is 75.2 Å². The Morgan fingerprint density at radius 2 is 1.97 bits per heavy atom. The van der Waals surface area contributed by atoms with E-state index in [4.69, 9.17) is 0 Å². The highest BCUT2D eigenvalue weighted by atomic mass is 32.1. The predicted molar refractivity (Wildman–Crippen MR) is 127 cm³/mol. The Balaban J connectivity index is 1.07. The summed E-state index contributed by atoms with van der Waals surface area (Å²) >= 11 is 3.16. The maximum absolute atomic E-state index is 12.9. The van der Waals surface area contributed by atoms with Gasteiger partial charge < -0.3 is 10.2 Å². The van der Waals surface area contributed by atoms with Crippen molar-refractivity contribution in [1.29, 1.82) is 0 Å². The number of rotatable bonds is 7. The third-order valence-corrected chi connectivity index (χ3v) is 8.58. The van der Waals surface area contributed by atoms with Crippen LogP contribution >= 0.6 is 22.7 Å². The van der Waals surface area contributed by atoms with Crippen LogP contribution in [-0.2, 0) is 11.2 Å². The average Bonchev–Trinajstić information content (AvgIpc) is 3.22. The monoisotopic (exact) mass is 466 g/mol. The molecule has 2 fully saturated rings. The van der Waals surface area contributed by atoms with E-state index < -0.39 is 0 Å². The van der Waals surface area contributed by atoms with Gasteiger partial charge in [0.15, 0.2) is 0 Å². The largest absolute Gasteiger partial charge is 0.356 e. The first-order valence-electron chi connectivity index (χ1n) is 11.1. The molecule has 1 N–H and O–H groups in total. The number of likely N-dealkylation sites (tertiary alicyclic amines) is 1. The minimum absolute atomic E-state index is 0.0108. The van der Waals surface area contributed by atoms with E-state index in [0.717, 1.165) is 42.0 Å². The lowest BCUT2D eigenvalue weighted by Crippen LogP contribution is -2.40. The first-order valence-corrected chi connectivity index (χ1v) is 12.9. The van der Waals surface area contributed by atoms with Crippen molar-refractivity contribution in [3.8, 4) is 9.88 Å². The highest BCUT2D eigenvalue weighted by molar-refractivity contribution is 7.20. The fourth-order valence-corrected chi connectivity index (χ4v) is 6.26. The zero-order valence-corrected chi connectivity index (χ0v) is 19.5. The average molecular weight is 467 g/mol. The van der Waals surface area contributed by atoms with Crippen LogP contribution in [0, 0.1) is 11.3 Å². The van der Waals surface area contributed by atoms with Gasteiger partial charge in [-0.2, -0.15) is 0 Å². The lowest BCUT2D eigenvalue weighted by molar-refractivity contribution is -0.123. The molecule has 166 valence electrons. The molecule has 0 aromatic carbocycles. The van der Waals surface area contributed by atoms with E-state index in [1.54, 1.807) is 23.7 Å². The van der Waals surface area contributed by atoms with Gasteiger partial charge in [0, 0.05) is 43.3 Å². The zero-order chi connectivity index (χ0) is 22.0. The van der Waals surface area contributed by atoms with Gasteiger partial charge in [0.1, 0.15) is 10.7 Å². The first-order chi connectivity index (χ1) is 15.6. The number of thiophene rings is 1. The van der Waals surface area contributed by atoms with Gasteiger partial charge in [-0.25, -0.2) is 4.98 Å². The van der Waals surface area contributed by atoms with Crippen molar-refractivity contribution < 1.29 is 9.59 Å². The second-order valence-electron chi connectivity index (χ2n) is 8.68. The van der Waals surface area contributed by atoms with Gasteiger partial charge in [0.05, 0.1) is 4.88 Å². The Bertz CT molecular complexity index is 1070. The summed E-state index contributed by atoms with van der Waals surface area (Å²) in [6.45, 7) is 2.11. The zero-order valence-electron chi connectivity index (χ0n) is 17.8. The summed E-state index contributed by atoms with van der Waals surface area (Å²) < 4.78 is 0. The molecule has 8 heteroatoms. The van der Waals surface area contributed by atoms with E-state index >= 15 is 0 Å². The van der Waals surface area contributed by atoms with Gasteiger partial charge in [-0.15, -0.1) is 22.7 Å². The van der Waals surface area contributed by atoms with Gasteiger partial charge in [0.25, 0.3) is 5.91 Å². The Morgan fingerprint density at radius 1 is 1.16 bits per heavy atom. The minimum atomic E-state index is 0.0108. The smallest absolute Gasteiger partial charge is 0.273 e. The van der Waals surface area contributed by atoms with Crippen LogP contribution in [0.5, 0.6) is 0 Å². The second kappa shape index (κ2) is 9.11. The van der Waals surface area contributed by atoms with E-state index in [9.17, 15) is 9.59 Å². The number of nitrogens with zero attached hydrogens (tertiary/aromatic N) is 3. The standard InChI is InChI=1S/C24H26N4O2S2/c29-21(26-9-1-3-17-5-10-25-11-6-17)18-15-24(18)7-12-28(13-8-24)23(30)19-16-32-22(27-19)20-4-2-14-31-20/h2,4-6,10-11,14,16,18H,1,3,7-9,12-13,15H2,(H,26,29). The van der Waals surface area contributed by atoms with Gasteiger partial charge >= 0.3 is 0 Å². The van der Waals surface area contributed by atoms with E-state index in [1.807, 2.05) is 39.9 Å². The predicted octanol–water partition coefficient (Wildman–Crippen LogP) is 4.26. The van der Waals surface area contributed by atoms with Crippen molar-refractivity contribution in [1.82, 2.24) is 20.2 Å². The molecule has 1 unspecified atom stereocenters. The second-order valence-corrected chi connectivity index (χ2v) is 10.5. The number of pyridine rings is 1. The molecule has 1 saturated carbocycles. The number of aromatic nitrogens is 2. The molecular weight excluding hydrogens is 440 g/mol. The van der Waals surface area contributed by atoms with Crippen molar-refractivity contribution in [2.75, 3.05) is 19.6 Å². The molecule has 0 radical (unpaired) electrons. The molecule has 1 atom stereocenters. The van der Waals surface area contributed by atoms with Crippen LogP contribution in [0.1, 0.15) is 41.7 Å². The summed E-state index contributed by atoms with van der Waals surface area (Å²) in [5.41, 5.74) is 1.88. The molecule has 1 aliphatic carbocycles. The van der Waals surface area contributed by atoms with Crippen molar-refractivity contribution in [2.45, 2.75) is 32.1 Å². The van der Waals surface area contributed by atoms with Gasteiger partial charge in [-0.05, 0) is 66.7 Å². The number of nitrogens with one attached hydrogen (secondary N) is 1. The highest BCUT2D eigenvalue weighted by Gasteiger charge is 2.58. The highest BCUT2D eigenvalue weighted by Crippen LogP contribution is 2.59. The summed E-state index contributed by atoms with van der Waals surface area (Å²) in [6, 6.07) is 8.05. The van der Waals surface area contributed by atoms with E-state index in [-0.39, 0.29) is 23.1 Å². The van der Waals surface area contributed by atoms with Crippen molar-refractivity contribution in [3.05, 3.63) is 58.7 Å². The molecular formula is C24H26N4O2S2. The fraction of sp³-hybridized carbons (Fsp3) is 0.417. The van der Waals surface area contributed by atoms with E-state index in [0.29, 0.717) is 25.3 Å². The number of aryl methyl sites for hydroxylation is 1. The van der Waals surface area contributed by atoms with Gasteiger partial charge in [-0.3, -0.25) is 14.6 Å². The molecule has 6 nitrogen and oxygen atoms in total. The molecule has 0 bridgehead atoms. The summed E-state index contributed by atoms with van der Waals surface area (Å²) in [5, 5.41) is 7.90. The number of hydrogen-bond donors (Lipinski definition) is 1. The summed E-state index contributed by atoms with van der Waals surface area (Å²) in [4.78, 5) is 37.1. The molecule has 3 aromatic rings. The quantitative estimate of drug-likeness (QED) is 0.528. The van der Waals surface area contributed by atoms with Crippen LogP contribution in [0.15, 0.2) is 47.4 Å². The molecule has 4 heterocycles. The Labute approximate surface area is 195 Å². The maximum atomic E-state index is 12.9. The molecule has 1 spiro atoms. The maximum Gasteiger partial charge on any atom is 0.273 e. The van der Waals surface area contributed by atoms with Crippen LogP contribution in [0.25, 0.3) is 9.88 Å². The normalized spacial score (nSPS) is 19.1. The number of carbonyl (C=O) groups is 2. The molecule has 3 aromatic heterocycles. The number of thiazole rings is 1. The Morgan fingerprint density at radius 3 is 2.72 bits per heavy atom. The molecule has 1 aliphatic heterocycles. The first kappa shape index (κ1) is 21.3. The van der Waals surface area contributed by atoms with Gasteiger partial charge in [0.2, 0.25) is 5.91 Å². The summed E-state index contributed by atoms with van der Waals surface area (Å²) in [6.07, 6.45) is 8.22. The Kier molecular flexibility index (Phi) is 6.06. The van der Waals surface area contributed by atoms with Crippen LogP contribution in [0.2, 0.25) is 0 Å². The summed E-state index contributed by atoms with van der Waals surface area (Å²) in [7, 11) is 0. The van der Waals surface area contributed by atoms with E-state index in [1.165, 1.54) is 16.9 Å². The van der Waals surface area contributed by atoms with Crippen LogP contribution in [-0.4, -0.2) is 46.3 Å². The lowest BCUT2D eigenvalue weighted by atomic mass is 9.90. The third-order valence-electron chi connectivity index (χ3n) is 6.70. The minimum Gasteiger partial charge on any atom is -0.356 e. The summed E-state index contributed by atoms with van der Waals surface area (Å²) in [5.74, 6) is 0.293. The van der Waals surface area contributed by atoms with Crippen molar-refractivity contribution >= 4 is 34.5 Å². The number of piperidine rings is 1. The molecule has 32 heavy (non-hydrogen) atoms. The van der Waals surface area contributed by atoms with Crippen LogP contribution < -0.4 is 5.32 Å². The van der Waals surface area contributed by atoms with Crippen LogP contribution in [0.4, 0.5) is 0 Å². The number of hydrogen-bond acceptors (Lipinski definition) is 6. The number of carbonyl (C=O) groups excluding carboxylic acids is 2. The van der Waals surface area contributed by atoms with Crippen molar-refractivity contribution in [3.63, 3.8) is 0 Å². The number of amides is 2. The van der Waals surface area contributed by atoms with Gasteiger partial charge in [-0.1, -0.05) is 6.07 Å². The van der Waals surface area contributed by atoms with Crippen LogP contribution in [0.3, 0.4) is 0 Å². The molecule has 5 rings (SSSR count). The SMILES string of the molecule is O=C(NCCCc1ccncc1)C1CC12CCN(C(=O)c1csc(-c3cccs3)n1)CC2. The molecule has 2 amide bonds. The van der Waals surface area contributed by atoms with Crippen molar-refractivity contribution in [2.24, 2.45) is 11.3 Å². The fourth-order valence-electron chi connectivity index (χ4n) is 4.65.